The van der Waals surface area contributed by atoms with Crippen molar-refractivity contribution in [3.05, 3.63) is 0 Å². The molecule has 0 aromatic heterocycles. The summed E-state index contributed by atoms with van der Waals surface area (Å²) in [5, 5.41) is -0.169. The van der Waals surface area contributed by atoms with Crippen LogP contribution in [-0.2, 0) is 9.84 Å². The summed E-state index contributed by atoms with van der Waals surface area (Å²) < 4.78 is 23.4. The lowest BCUT2D eigenvalue weighted by atomic mass is 9.84. The van der Waals surface area contributed by atoms with Gasteiger partial charge in [-0.05, 0) is 36.9 Å². The Balaban J connectivity index is 2.51. The lowest BCUT2D eigenvalue weighted by molar-refractivity contribution is 0.288. The number of thioether (sulfide) groups is 1. The van der Waals surface area contributed by atoms with Gasteiger partial charge in [0.2, 0.25) is 0 Å². The number of hydrazine groups is 1. The van der Waals surface area contributed by atoms with Crippen molar-refractivity contribution < 1.29 is 8.42 Å². The van der Waals surface area contributed by atoms with Crippen LogP contribution in [0.1, 0.15) is 39.5 Å². The van der Waals surface area contributed by atoms with Crippen LogP contribution in [-0.4, -0.2) is 37.5 Å². The van der Waals surface area contributed by atoms with Gasteiger partial charge in [0.05, 0.1) is 5.25 Å². The minimum atomic E-state index is -2.91. The number of hydrogen-bond acceptors (Lipinski definition) is 5. The monoisotopic (exact) mass is 308 g/mol. The predicted octanol–water partition coefficient (Wildman–Crippen LogP) is 1.81. The second-order valence-corrected chi connectivity index (χ2v) is 9.48. The van der Waals surface area contributed by atoms with Crippen molar-refractivity contribution in [2.45, 2.75) is 50.8 Å². The highest BCUT2D eigenvalue weighted by Gasteiger charge is 2.32. The van der Waals surface area contributed by atoms with Crippen molar-refractivity contribution in [3.63, 3.8) is 0 Å². The highest BCUT2D eigenvalue weighted by molar-refractivity contribution is 7.99. The van der Waals surface area contributed by atoms with Gasteiger partial charge in [0.1, 0.15) is 9.84 Å². The first-order chi connectivity index (χ1) is 8.84. The summed E-state index contributed by atoms with van der Waals surface area (Å²) in [6.45, 7) is 4.41. The molecule has 0 bridgehead atoms. The van der Waals surface area contributed by atoms with E-state index in [-0.39, 0.29) is 11.3 Å². The first-order valence-electron chi connectivity index (χ1n) is 7.07. The van der Waals surface area contributed by atoms with E-state index in [9.17, 15) is 8.42 Å². The van der Waals surface area contributed by atoms with E-state index in [4.69, 9.17) is 5.84 Å². The quantitative estimate of drug-likeness (QED) is 0.554. The van der Waals surface area contributed by atoms with Gasteiger partial charge in [-0.3, -0.25) is 11.3 Å². The fourth-order valence-corrected chi connectivity index (χ4v) is 5.11. The van der Waals surface area contributed by atoms with Gasteiger partial charge in [0.15, 0.2) is 0 Å². The van der Waals surface area contributed by atoms with Crippen LogP contribution >= 0.6 is 11.8 Å². The summed E-state index contributed by atoms with van der Waals surface area (Å²) >= 11 is 1.90. The van der Waals surface area contributed by atoms with Gasteiger partial charge in [-0.15, -0.1) is 0 Å². The van der Waals surface area contributed by atoms with Crippen molar-refractivity contribution in [3.8, 4) is 0 Å². The molecule has 1 saturated carbocycles. The molecule has 3 unspecified atom stereocenters. The summed E-state index contributed by atoms with van der Waals surface area (Å²) in [5.41, 5.74) is 2.90. The van der Waals surface area contributed by atoms with Crippen LogP contribution in [0.3, 0.4) is 0 Å². The van der Waals surface area contributed by atoms with Gasteiger partial charge < -0.3 is 0 Å². The van der Waals surface area contributed by atoms with Crippen LogP contribution in [0.2, 0.25) is 0 Å². The molecule has 1 rings (SSSR count). The molecule has 0 radical (unpaired) electrons. The van der Waals surface area contributed by atoms with Crippen LogP contribution in [0.4, 0.5) is 0 Å². The Morgan fingerprint density at radius 2 is 2.00 bits per heavy atom. The maximum atomic E-state index is 11.7. The van der Waals surface area contributed by atoms with Crippen LogP contribution in [0, 0.1) is 11.8 Å². The first-order valence-corrected chi connectivity index (χ1v) is 10.2. The number of sulfone groups is 1. The third-order valence-corrected chi connectivity index (χ3v) is 6.94. The van der Waals surface area contributed by atoms with Crippen molar-refractivity contribution in [2.75, 3.05) is 17.8 Å². The molecule has 0 saturated heterocycles. The Morgan fingerprint density at radius 3 is 2.53 bits per heavy atom. The highest BCUT2D eigenvalue weighted by atomic mass is 32.2. The maximum absolute atomic E-state index is 11.7. The Bertz CT molecular complexity index is 358. The van der Waals surface area contributed by atoms with Crippen LogP contribution in [0.25, 0.3) is 0 Å². The smallest absolute Gasteiger partial charge is 0.150 e. The molecule has 0 aromatic rings. The Kier molecular flexibility index (Phi) is 7.14. The van der Waals surface area contributed by atoms with Gasteiger partial charge in [0, 0.05) is 18.1 Å². The molecule has 19 heavy (non-hydrogen) atoms. The van der Waals surface area contributed by atoms with E-state index in [0.29, 0.717) is 11.8 Å². The number of nitrogens with two attached hydrogens (primary N) is 1. The average molecular weight is 309 g/mol. The fourth-order valence-electron chi connectivity index (χ4n) is 2.69. The van der Waals surface area contributed by atoms with E-state index in [1.807, 2.05) is 11.8 Å². The van der Waals surface area contributed by atoms with E-state index >= 15 is 0 Å². The van der Waals surface area contributed by atoms with E-state index in [0.717, 1.165) is 37.2 Å². The lowest BCUT2D eigenvalue weighted by Gasteiger charge is -2.33. The largest absolute Gasteiger partial charge is 0.271 e. The molecule has 4 nitrogen and oxygen atoms in total. The molecule has 1 aliphatic rings. The molecule has 0 aromatic carbocycles. The molecule has 0 amide bonds. The SMILES string of the molecule is CC(C)CSCC(NN)C1CCCC(S(C)(=O)=O)C1. The second kappa shape index (κ2) is 7.86. The predicted molar refractivity (Wildman–Crippen MR) is 83.9 cm³/mol. The maximum Gasteiger partial charge on any atom is 0.150 e. The summed E-state index contributed by atoms with van der Waals surface area (Å²) in [6, 6.07) is 0.230. The van der Waals surface area contributed by atoms with Gasteiger partial charge in [-0.25, -0.2) is 8.42 Å². The Labute approximate surface area is 122 Å². The minimum absolute atomic E-state index is 0.169. The van der Waals surface area contributed by atoms with E-state index in [2.05, 4.69) is 19.3 Å². The van der Waals surface area contributed by atoms with Crippen molar-refractivity contribution in [1.29, 1.82) is 0 Å². The first kappa shape index (κ1) is 17.3. The third-order valence-electron chi connectivity index (χ3n) is 3.80. The summed E-state index contributed by atoms with van der Waals surface area (Å²) in [5.74, 6) is 8.82. The lowest BCUT2D eigenvalue weighted by Crippen LogP contribution is -2.45. The molecule has 1 fully saturated rings. The van der Waals surface area contributed by atoms with Gasteiger partial charge in [-0.2, -0.15) is 11.8 Å². The number of rotatable bonds is 7. The molecule has 0 heterocycles. The zero-order chi connectivity index (χ0) is 14.5. The fraction of sp³-hybridized carbons (Fsp3) is 1.00. The zero-order valence-electron chi connectivity index (χ0n) is 12.3. The molecule has 6 heteroatoms. The molecule has 0 spiro atoms. The van der Waals surface area contributed by atoms with Gasteiger partial charge >= 0.3 is 0 Å². The van der Waals surface area contributed by atoms with Crippen LogP contribution in [0.5, 0.6) is 0 Å². The summed E-state index contributed by atoms with van der Waals surface area (Å²) in [6.07, 6.45) is 5.01. The van der Waals surface area contributed by atoms with Crippen LogP contribution in [0.15, 0.2) is 0 Å². The summed E-state index contributed by atoms with van der Waals surface area (Å²) in [4.78, 5) is 0. The topological polar surface area (TPSA) is 72.2 Å². The molecule has 0 aliphatic heterocycles. The third kappa shape index (κ3) is 6.02. The standard InChI is InChI=1S/C13H28N2O2S2/c1-10(2)8-18-9-13(15-14)11-5-4-6-12(7-11)19(3,16)17/h10-13,15H,4-9,14H2,1-3H3. The van der Waals surface area contributed by atoms with E-state index in [1.165, 1.54) is 6.26 Å². The van der Waals surface area contributed by atoms with Crippen molar-refractivity contribution >= 4 is 21.6 Å². The van der Waals surface area contributed by atoms with E-state index in [1.54, 1.807) is 0 Å². The number of nitrogens with one attached hydrogen (secondary N) is 1. The molecular weight excluding hydrogens is 280 g/mol. The van der Waals surface area contributed by atoms with Crippen LogP contribution < -0.4 is 11.3 Å². The molecule has 3 atom stereocenters. The highest BCUT2D eigenvalue weighted by Crippen LogP contribution is 2.31. The van der Waals surface area contributed by atoms with Gasteiger partial charge in [-0.1, -0.05) is 20.3 Å². The molecule has 1 aliphatic carbocycles. The minimum Gasteiger partial charge on any atom is -0.271 e. The summed E-state index contributed by atoms with van der Waals surface area (Å²) in [7, 11) is -2.91. The Hall–Kier alpha value is 0.220. The van der Waals surface area contributed by atoms with Crippen molar-refractivity contribution in [2.24, 2.45) is 17.7 Å². The van der Waals surface area contributed by atoms with Crippen molar-refractivity contribution in [1.82, 2.24) is 5.43 Å². The molecule has 114 valence electrons. The van der Waals surface area contributed by atoms with Gasteiger partial charge in [0.25, 0.3) is 0 Å². The molecular formula is C13H28N2O2S2. The molecule has 3 N–H and O–H groups in total. The Morgan fingerprint density at radius 1 is 1.32 bits per heavy atom. The number of hydrogen-bond donors (Lipinski definition) is 2. The average Bonchev–Trinajstić information content (AvgIpc) is 2.33. The zero-order valence-corrected chi connectivity index (χ0v) is 13.9. The second-order valence-electron chi connectivity index (χ2n) is 6.08. The normalized spacial score (nSPS) is 26.6. The van der Waals surface area contributed by atoms with E-state index < -0.39 is 9.84 Å².